The molecule has 0 bridgehead atoms. The van der Waals surface area contributed by atoms with E-state index >= 15 is 0 Å². The zero-order valence-corrected chi connectivity index (χ0v) is 18.4. The second-order valence-electron chi connectivity index (χ2n) is 7.17. The summed E-state index contributed by atoms with van der Waals surface area (Å²) in [5.74, 6) is -0.339. The number of carbonyl (C=O) groups is 1. The molecule has 0 fully saturated rings. The Labute approximate surface area is 195 Å². The number of carbonyl (C=O) groups excluding carboxylic acids is 1. The SMILES string of the molecule is COc1cc(/C=C(/C#N)C(=O)Nc2ccc([N+](=O)[O-])cc2C)ccc1OCc1ccccc1F. The lowest BCUT2D eigenvalue weighted by Crippen LogP contribution is -2.14. The predicted molar refractivity (Wildman–Crippen MR) is 124 cm³/mol. The van der Waals surface area contributed by atoms with Crippen molar-refractivity contribution >= 4 is 23.4 Å². The second kappa shape index (κ2) is 10.7. The van der Waals surface area contributed by atoms with E-state index in [4.69, 9.17) is 9.47 Å². The van der Waals surface area contributed by atoms with Gasteiger partial charge in [0.2, 0.25) is 0 Å². The van der Waals surface area contributed by atoms with Crippen LogP contribution in [-0.2, 0) is 11.4 Å². The van der Waals surface area contributed by atoms with E-state index in [1.165, 1.54) is 37.5 Å². The van der Waals surface area contributed by atoms with E-state index in [1.54, 1.807) is 43.3 Å². The molecule has 0 unspecified atom stereocenters. The highest BCUT2D eigenvalue weighted by atomic mass is 19.1. The molecule has 172 valence electrons. The Bertz CT molecular complexity index is 1310. The lowest BCUT2D eigenvalue weighted by Gasteiger charge is -2.12. The number of benzene rings is 3. The molecule has 1 N–H and O–H groups in total. The van der Waals surface area contributed by atoms with Gasteiger partial charge in [-0.05, 0) is 48.4 Å². The van der Waals surface area contributed by atoms with Crippen molar-refractivity contribution < 1.29 is 23.6 Å². The maximum atomic E-state index is 13.8. The Morgan fingerprint density at radius 3 is 2.59 bits per heavy atom. The minimum atomic E-state index is -0.668. The first-order chi connectivity index (χ1) is 16.3. The maximum Gasteiger partial charge on any atom is 0.269 e. The Morgan fingerprint density at radius 1 is 1.18 bits per heavy atom. The summed E-state index contributed by atoms with van der Waals surface area (Å²) in [5, 5.41) is 22.9. The first-order valence-corrected chi connectivity index (χ1v) is 10.0. The van der Waals surface area contributed by atoms with Crippen molar-refractivity contribution in [3.05, 3.63) is 98.9 Å². The molecule has 1 amide bonds. The molecular formula is C25H20FN3O5. The van der Waals surface area contributed by atoms with Gasteiger partial charge in [0, 0.05) is 23.4 Å². The number of aryl methyl sites for hydroxylation is 1. The van der Waals surface area contributed by atoms with Crippen molar-refractivity contribution in [3.8, 4) is 17.6 Å². The molecule has 0 atom stereocenters. The Morgan fingerprint density at radius 2 is 1.94 bits per heavy atom. The van der Waals surface area contributed by atoms with Gasteiger partial charge in [-0.25, -0.2) is 4.39 Å². The summed E-state index contributed by atoms with van der Waals surface area (Å²) in [6.07, 6.45) is 1.37. The van der Waals surface area contributed by atoms with E-state index < -0.39 is 10.8 Å². The van der Waals surface area contributed by atoms with Crippen molar-refractivity contribution in [2.45, 2.75) is 13.5 Å². The van der Waals surface area contributed by atoms with Gasteiger partial charge in [-0.1, -0.05) is 24.3 Å². The number of halogens is 1. The number of anilines is 1. The number of nitro groups is 1. The smallest absolute Gasteiger partial charge is 0.269 e. The standard InChI is InChI=1S/C25H20FN3O5/c1-16-11-20(29(31)32)8-9-22(16)28-25(30)19(14-27)12-17-7-10-23(24(13-17)33-2)34-15-18-5-3-4-6-21(18)26/h3-13H,15H2,1-2H3,(H,28,30)/b19-12-. The molecule has 3 aromatic rings. The molecule has 0 saturated heterocycles. The lowest BCUT2D eigenvalue weighted by molar-refractivity contribution is -0.384. The quantitative estimate of drug-likeness (QED) is 0.214. The summed E-state index contributed by atoms with van der Waals surface area (Å²) >= 11 is 0. The molecule has 8 nitrogen and oxygen atoms in total. The van der Waals surface area contributed by atoms with E-state index in [-0.39, 0.29) is 23.7 Å². The summed E-state index contributed by atoms with van der Waals surface area (Å²) < 4.78 is 24.8. The third kappa shape index (κ3) is 5.75. The zero-order valence-electron chi connectivity index (χ0n) is 18.4. The number of hydrogen-bond acceptors (Lipinski definition) is 6. The molecule has 3 aromatic carbocycles. The molecular weight excluding hydrogens is 441 g/mol. The molecule has 0 spiro atoms. The number of amides is 1. The van der Waals surface area contributed by atoms with Crippen molar-refractivity contribution in [1.29, 1.82) is 5.26 Å². The number of non-ortho nitro benzene ring substituents is 1. The Kier molecular flexibility index (Phi) is 7.56. The van der Waals surface area contributed by atoms with E-state index in [1.807, 2.05) is 6.07 Å². The predicted octanol–water partition coefficient (Wildman–Crippen LogP) is 5.18. The zero-order chi connectivity index (χ0) is 24.7. The van der Waals surface area contributed by atoms with Gasteiger partial charge in [0.1, 0.15) is 24.1 Å². The molecule has 0 aliphatic carbocycles. The van der Waals surface area contributed by atoms with Gasteiger partial charge >= 0.3 is 0 Å². The van der Waals surface area contributed by atoms with Crippen LogP contribution < -0.4 is 14.8 Å². The van der Waals surface area contributed by atoms with Crippen LogP contribution >= 0.6 is 0 Å². The number of methoxy groups -OCH3 is 1. The highest BCUT2D eigenvalue weighted by Gasteiger charge is 2.14. The molecule has 0 radical (unpaired) electrons. The van der Waals surface area contributed by atoms with Crippen molar-refractivity contribution in [2.24, 2.45) is 0 Å². The summed E-state index contributed by atoms with van der Waals surface area (Å²) in [6.45, 7) is 1.61. The fourth-order valence-electron chi connectivity index (χ4n) is 3.07. The summed E-state index contributed by atoms with van der Waals surface area (Å²) in [6, 6.07) is 16.9. The highest BCUT2D eigenvalue weighted by molar-refractivity contribution is 6.10. The number of nitriles is 1. The number of nitrogens with one attached hydrogen (secondary N) is 1. The first-order valence-electron chi connectivity index (χ1n) is 10.0. The van der Waals surface area contributed by atoms with Crippen LogP contribution in [-0.4, -0.2) is 17.9 Å². The van der Waals surface area contributed by atoms with Crippen LogP contribution in [0.15, 0.2) is 66.2 Å². The third-order valence-corrected chi connectivity index (χ3v) is 4.87. The van der Waals surface area contributed by atoms with Crippen molar-refractivity contribution in [1.82, 2.24) is 0 Å². The average Bonchev–Trinajstić information content (AvgIpc) is 2.83. The molecule has 3 rings (SSSR count). The molecule has 0 aromatic heterocycles. The normalized spacial score (nSPS) is 10.8. The Hall–Kier alpha value is -4.71. The van der Waals surface area contributed by atoms with E-state index in [0.29, 0.717) is 33.9 Å². The number of nitrogens with zero attached hydrogens (tertiary/aromatic N) is 2. The van der Waals surface area contributed by atoms with Crippen LogP contribution in [0.1, 0.15) is 16.7 Å². The number of rotatable bonds is 8. The number of ether oxygens (including phenoxy) is 2. The largest absolute Gasteiger partial charge is 0.493 e. The fraction of sp³-hybridized carbons (Fsp3) is 0.120. The summed E-state index contributed by atoms with van der Waals surface area (Å²) in [4.78, 5) is 23.0. The fourth-order valence-corrected chi connectivity index (χ4v) is 3.07. The summed E-state index contributed by atoms with van der Waals surface area (Å²) in [7, 11) is 1.44. The van der Waals surface area contributed by atoms with Gasteiger partial charge in [-0.3, -0.25) is 14.9 Å². The van der Waals surface area contributed by atoms with Crippen LogP contribution in [0.2, 0.25) is 0 Å². The highest BCUT2D eigenvalue weighted by Crippen LogP contribution is 2.30. The van der Waals surface area contributed by atoms with Crippen LogP contribution in [0.25, 0.3) is 6.08 Å². The van der Waals surface area contributed by atoms with Gasteiger partial charge in [-0.15, -0.1) is 0 Å². The average molecular weight is 461 g/mol. The monoisotopic (exact) mass is 461 g/mol. The van der Waals surface area contributed by atoms with E-state index in [9.17, 15) is 24.6 Å². The molecule has 34 heavy (non-hydrogen) atoms. The van der Waals surface area contributed by atoms with Crippen LogP contribution in [0.4, 0.5) is 15.8 Å². The molecule has 0 aliphatic heterocycles. The van der Waals surface area contributed by atoms with Crippen molar-refractivity contribution in [2.75, 3.05) is 12.4 Å². The maximum absolute atomic E-state index is 13.8. The molecule has 9 heteroatoms. The van der Waals surface area contributed by atoms with E-state index in [0.717, 1.165) is 0 Å². The minimum absolute atomic E-state index is 0.00133. The topological polar surface area (TPSA) is 114 Å². The van der Waals surface area contributed by atoms with Gasteiger partial charge in [0.05, 0.1) is 12.0 Å². The van der Waals surface area contributed by atoms with Crippen LogP contribution in [0.3, 0.4) is 0 Å². The summed E-state index contributed by atoms with van der Waals surface area (Å²) in [5.41, 5.74) is 1.44. The van der Waals surface area contributed by atoms with E-state index in [2.05, 4.69) is 5.32 Å². The third-order valence-electron chi connectivity index (χ3n) is 4.87. The number of nitro benzene ring substituents is 1. The first kappa shape index (κ1) is 23.9. The number of hydrogen-bond donors (Lipinski definition) is 1. The Balaban J connectivity index is 1.77. The molecule has 0 saturated carbocycles. The second-order valence-corrected chi connectivity index (χ2v) is 7.17. The van der Waals surface area contributed by atoms with Gasteiger partial charge in [0.15, 0.2) is 11.5 Å². The molecule has 0 aliphatic rings. The van der Waals surface area contributed by atoms with Gasteiger partial charge in [-0.2, -0.15) is 5.26 Å². The van der Waals surface area contributed by atoms with Crippen LogP contribution in [0, 0.1) is 34.2 Å². The van der Waals surface area contributed by atoms with Gasteiger partial charge < -0.3 is 14.8 Å². The lowest BCUT2D eigenvalue weighted by atomic mass is 10.1. The molecule has 0 heterocycles. The van der Waals surface area contributed by atoms with Crippen molar-refractivity contribution in [3.63, 3.8) is 0 Å². The van der Waals surface area contributed by atoms with Gasteiger partial charge in [0.25, 0.3) is 11.6 Å². The minimum Gasteiger partial charge on any atom is -0.493 e. The van der Waals surface area contributed by atoms with Crippen LogP contribution in [0.5, 0.6) is 11.5 Å².